The number of aliphatic carboxylic acids is 4. The Hall–Kier alpha value is -7.76. The van der Waals surface area contributed by atoms with Crippen LogP contribution in [0.25, 0.3) is 0 Å². The number of carboxylic acid groups (broad SMARTS) is 4. The van der Waals surface area contributed by atoms with E-state index in [0.29, 0.717) is 59.2 Å². The van der Waals surface area contributed by atoms with Gasteiger partial charge in [-0.25, -0.2) is 48.9 Å². The summed E-state index contributed by atoms with van der Waals surface area (Å²) in [6.45, 7) is 5.28. The summed E-state index contributed by atoms with van der Waals surface area (Å²) in [5, 5.41) is 49.2. The van der Waals surface area contributed by atoms with Crippen molar-refractivity contribution in [2.75, 3.05) is 76.3 Å². The molecule has 4 aromatic heterocycles. The van der Waals surface area contributed by atoms with Crippen molar-refractivity contribution in [1.82, 2.24) is 49.5 Å². The predicted octanol–water partition coefficient (Wildman–Crippen LogP) is 0.949. The van der Waals surface area contributed by atoms with E-state index in [-0.39, 0.29) is 11.4 Å². The molecule has 28 nitrogen and oxygen atoms in total. The second-order valence-corrected chi connectivity index (χ2v) is 16.4. The third-order valence-electron chi connectivity index (χ3n) is 10.4. The Morgan fingerprint density at radius 3 is 1.17 bits per heavy atom. The van der Waals surface area contributed by atoms with E-state index >= 15 is 0 Å². The molecule has 0 unspecified atom stereocenters. The molecule has 4 aliphatic rings. The molecule has 0 aromatic carbocycles. The summed E-state index contributed by atoms with van der Waals surface area (Å²) in [7, 11) is 4.00. The molecule has 2 saturated heterocycles. The third kappa shape index (κ3) is 14.6. The number of pyridine rings is 2. The van der Waals surface area contributed by atoms with E-state index in [0.717, 1.165) is 26.2 Å². The lowest BCUT2D eigenvalue weighted by atomic mass is 10.3. The Labute approximate surface area is 417 Å². The Morgan fingerprint density at radius 1 is 0.556 bits per heavy atom. The number of piperazine rings is 2. The number of likely N-dealkylation sites (N-methyl/N-ethyl adjacent to an activating group) is 2. The number of carbonyl (C=O) groups is 8. The number of fused-ring (bicyclic) bond motifs is 2. The number of anilines is 2. The highest BCUT2D eigenvalue weighted by atomic mass is 35.5. The van der Waals surface area contributed by atoms with Crippen molar-refractivity contribution in [2.24, 2.45) is 0 Å². The first-order valence-electron chi connectivity index (χ1n) is 21.2. The van der Waals surface area contributed by atoms with Gasteiger partial charge in [-0.3, -0.25) is 29.1 Å². The van der Waals surface area contributed by atoms with Crippen LogP contribution in [0.2, 0.25) is 10.0 Å². The van der Waals surface area contributed by atoms with Crippen molar-refractivity contribution in [2.45, 2.75) is 37.5 Å². The minimum Gasteiger partial charge on any atom is -0.481 e. The first kappa shape index (κ1) is 55.2. The van der Waals surface area contributed by atoms with Crippen molar-refractivity contribution in [1.29, 1.82) is 0 Å². The van der Waals surface area contributed by atoms with Gasteiger partial charge >= 0.3 is 36.1 Å². The van der Waals surface area contributed by atoms with Gasteiger partial charge in [0.15, 0.2) is 23.6 Å². The Balaban J connectivity index is 0.000000201. The topological polar surface area (TPSA) is 373 Å². The number of hydrogen-bond acceptors (Lipinski definition) is 20. The number of carboxylic acids is 4. The van der Waals surface area contributed by atoms with Gasteiger partial charge in [0, 0.05) is 89.5 Å². The molecule has 8 rings (SSSR count). The number of aliphatic hydroxyl groups excluding tert-OH is 2. The SMILES string of the molecule is CN1CCN(C(=O)O[C@H]2c3nccnc3C(=O)N2c2ccc(Cl)cn2)CC1.CN1CCN(C(=O)O[C@H]2c3nccnc3C(=O)N2c2ccc(Cl)cn2)CC1.O=C(O)C[C@@H](O)C(=O)O.O=C(O)C[C@@H](O)C(=O)O. The zero-order chi connectivity index (χ0) is 52.8. The molecule has 4 atom stereocenters. The fourth-order valence-electron chi connectivity index (χ4n) is 6.58. The average Bonchev–Trinajstić information content (AvgIpc) is 3.78. The summed E-state index contributed by atoms with van der Waals surface area (Å²) in [5.41, 5.74) is 0.874. The lowest BCUT2D eigenvalue weighted by Gasteiger charge is -2.33. The summed E-state index contributed by atoms with van der Waals surface area (Å²) in [4.78, 5) is 125. The largest absolute Gasteiger partial charge is 0.481 e. The predicted molar refractivity (Wildman–Crippen MR) is 245 cm³/mol. The van der Waals surface area contributed by atoms with Crippen LogP contribution < -0.4 is 9.80 Å². The molecule has 6 N–H and O–H groups in total. The zero-order valence-corrected chi connectivity index (χ0v) is 39.6. The van der Waals surface area contributed by atoms with E-state index in [1.807, 2.05) is 14.1 Å². The van der Waals surface area contributed by atoms with Crippen LogP contribution in [0, 0.1) is 0 Å². The summed E-state index contributed by atoms with van der Waals surface area (Å²) in [6, 6.07) is 6.40. The van der Waals surface area contributed by atoms with E-state index in [4.69, 9.17) is 63.3 Å². The summed E-state index contributed by atoms with van der Waals surface area (Å²) < 4.78 is 11.4. The quantitative estimate of drug-likeness (QED) is 0.129. The van der Waals surface area contributed by atoms with Crippen molar-refractivity contribution in [3.8, 4) is 0 Å². The first-order chi connectivity index (χ1) is 34.2. The number of rotatable bonds is 10. The Kier molecular flexibility index (Phi) is 19.5. The van der Waals surface area contributed by atoms with Gasteiger partial charge < -0.3 is 59.7 Å². The Bertz CT molecular complexity index is 2430. The smallest absolute Gasteiger partial charge is 0.412 e. The van der Waals surface area contributed by atoms with Gasteiger partial charge in [0.1, 0.15) is 23.0 Å². The van der Waals surface area contributed by atoms with Crippen LogP contribution in [0.5, 0.6) is 0 Å². The molecule has 0 aliphatic carbocycles. The molecule has 30 heteroatoms. The van der Waals surface area contributed by atoms with Crippen LogP contribution >= 0.6 is 23.2 Å². The fraction of sp³-hybridized carbons (Fsp3) is 0.381. The number of aromatic nitrogens is 6. The third-order valence-corrected chi connectivity index (χ3v) is 10.9. The highest BCUT2D eigenvalue weighted by Crippen LogP contribution is 2.37. The monoisotopic (exact) mass is 1040 g/mol. The van der Waals surface area contributed by atoms with Gasteiger partial charge in [-0.2, -0.15) is 0 Å². The zero-order valence-electron chi connectivity index (χ0n) is 38.0. The van der Waals surface area contributed by atoms with Crippen LogP contribution in [0.4, 0.5) is 21.2 Å². The van der Waals surface area contributed by atoms with E-state index in [1.165, 1.54) is 47.0 Å². The maximum absolute atomic E-state index is 12.8. The molecule has 4 amide bonds. The van der Waals surface area contributed by atoms with Crippen LogP contribution in [0.15, 0.2) is 61.4 Å². The second-order valence-electron chi connectivity index (χ2n) is 15.6. The van der Waals surface area contributed by atoms with Crippen LogP contribution in [-0.2, 0) is 28.7 Å². The number of carbonyl (C=O) groups excluding carboxylic acids is 4. The second kappa shape index (κ2) is 25.4. The molecular weight excluding hydrogens is 999 g/mol. The first-order valence-corrected chi connectivity index (χ1v) is 22.0. The van der Waals surface area contributed by atoms with Crippen LogP contribution in [0.1, 0.15) is 57.7 Å². The molecule has 384 valence electrons. The minimum atomic E-state index is -1.79. The van der Waals surface area contributed by atoms with Gasteiger partial charge in [0.05, 0.1) is 22.9 Å². The number of aliphatic hydroxyl groups is 2. The number of ether oxygens (including phenoxy) is 2. The molecule has 0 radical (unpaired) electrons. The van der Waals surface area contributed by atoms with E-state index in [9.17, 15) is 38.4 Å². The van der Waals surface area contributed by atoms with Gasteiger partial charge in [-0.15, -0.1) is 0 Å². The number of halogens is 2. The van der Waals surface area contributed by atoms with E-state index in [2.05, 4.69) is 39.7 Å². The van der Waals surface area contributed by atoms with Gasteiger partial charge in [0.2, 0.25) is 12.5 Å². The maximum Gasteiger partial charge on any atom is 0.412 e. The molecular formula is C42H46Cl2N12O16. The van der Waals surface area contributed by atoms with Gasteiger partial charge in [0.25, 0.3) is 11.8 Å². The van der Waals surface area contributed by atoms with E-state index in [1.54, 1.807) is 34.1 Å². The van der Waals surface area contributed by atoms with Crippen molar-refractivity contribution in [3.05, 3.63) is 94.3 Å². The molecule has 8 heterocycles. The molecule has 72 heavy (non-hydrogen) atoms. The summed E-state index contributed by atoms with van der Waals surface area (Å²) in [5.74, 6) is -5.93. The normalized spacial score (nSPS) is 18.1. The number of amides is 4. The van der Waals surface area contributed by atoms with Gasteiger partial charge in [-0.1, -0.05) is 23.2 Å². The summed E-state index contributed by atoms with van der Waals surface area (Å²) >= 11 is 11.8. The van der Waals surface area contributed by atoms with Crippen LogP contribution in [-0.4, -0.2) is 207 Å². The maximum atomic E-state index is 12.8. The number of nitrogens with zero attached hydrogens (tertiary/aromatic N) is 12. The van der Waals surface area contributed by atoms with Crippen molar-refractivity contribution < 1.29 is 78.5 Å². The standard InChI is InChI=1S/2C17H17ClN6O3.2C4H6O5/c2*1-22-6-8-23(9-7-22)17(26)27-16-14-13(19-4-5-20-14)15(25)24(16)12-3-2-11(18)10-21-12;2*5-2(4(8)9)1-3(6)7/h2*2-5,10,16H,6-9H2,1H3;2*2,5H,1H2,(H,6,7)(H,8,9)/t2*16-;2*2-/m0011/s1. The molecule has 0 spiro atoms. The fourth-order valence-corrected chi connectivity index (χ4v) is 6.81. The highest BCUT2D eigenvalue weighted by Gasteiger charge is 2.46. The number of hydrogen-bond donors (Lipinski definition) is 6. The molecule has 4 aromatic rings. The molecule has 2 fully saturated rings. The van der Waals surface area contributed by atoms with E-state index < -0.39 is 85.4 Å². The molecule has 4 aliphatic heterocycles. The molecule has 0 bridgehead atoms. The highest BCUT2D eigenvalue weighted by molar-refractivity contribution is 6.30. The minimum absolute atomic E-state index is 0.144. The lowest BCUT2D eigenvalue weighted by molar-refractivity contribution is -0.153. The lowest BCUT2D eigenvalue weighted by Crippen LogP contribution is -2.48. The van der Waals surface area contributed by atoms with Crippen LogP contribution in [0.3, 0.4) is 0 Å². The molecule has 0 saturated carbocycles. The van der Waals surface area contributed by atoms with Crippen molar-refractivity contribution in [3.63, 3.8) is 0 Å². The van der Waals surface area contributed by atoms with Crippen molar-refractivity contribution >= 4 is 82.7 Å². The summed E-state index contributed by atoms with van der Waals surface area (Å²) in [6.07, 6.45) is 0.476. The van der Waals surface area contributed by atoms with Gasteiger partial charge in [-0.05, 0) is 38.4 Å². The average molecular weight is 1050 g/mol. The Morgan fingerprint density at radius 2 is 0.889 bits per heavy atom.